The maximum atomic E-state index is 12.6. The molecule has 144 valence electrons. The summed E-state index contributed by atoms with van der Waals surface area (Å²) in [7, 11) is -7.27. The third-order valence-electron chi connectivity index (χ3n) is 4.03. The van der Waals surface area contributed by atoms with Gasteiger partial charge in [0.2, 0.25) is 10.0 Å². The van der Waals surface area contributed by atoms with Crippen LogP contribution in [0.25, 0.3) is 0 Å². The molecule has 2 aromatic rings. The number of carbonyl (C=O) groups excluding carboxylic acids is 1. The topological polar surface area (TPSA) is 119 Å². The maximum Gasteiger partial charge on any atom is 0.262 e. The first-order valence-electron chi connectivity index (χ1n) is 7.95. The number of carbonyl (C=O) groups is 1. The second kappa shape index (κ2) is 6.95. The number of sulfone groups is 1. The molecule has 1 atom stereocenters. The first-order chi connectivity index (χ1) is 12.6. The van der Waals surface area contributed by atoms with Crippen LogP contribution in [0, 0.1) is 0 Å². The fourth-order valence-corrected chi connectivity index (χ4v) is 4.47. The minimum Gasteiger partial charge on any atom is -0.482 e. The number of amides is 1. The Bertz CT molecular complexity index is 1090. The second-order valence-electron chi connectivity index (χ2n) is 6.18. The molecule has 0 fully saturated rings. The van der Waals surface area contributed by atoms with Crippen LogP contribution >= 0.6 is 0 Å². The van der Waals surface area contributed by atoms with Gasteiger partial charge in [-0.2, -0.15) is 0 Å². The number of rotatable bonds is 5. The van der Waals surface area contributed by atoms with Gasteiger partial charge >= 0.3 is 0 Å². The zero-order valence-corrected chi connectivity index (χ0v) is 16.2. The summed E-state index contributed by atoms with van der Waals surface area (Å²) in [4.78, 5) is 11.4. The molecule has 27 heavy (non-hydrogen) atoms. The zero-order valence-electron chi connectivity index (χ0n) is 14.6. The molecule has 1 aliphatic rings. The highest BCUT2D eigenvalue weighted by Gasteiger charge is 2.22. The highest BCUT2D eigenvalue weighted by molar-refractivity contribution is 7.90. The fourth-order valence-electron chi connectivity index (χ4n) is 2.60. The van der Waals surface area contributed by atoms with Crippen molar-refractivity contribution in [3.05, 3.63) is 48.0 Å². The van der Waals surface area contributed by atoms with Crippen molar-refractivity contribution in [2.75, 3.05) is 18.2 Å². The summed E-state index contributed by atoms with van der Waals surface area (Å²) in [6, 6.07) is 9.41. The predicted molar refractivity (Wildman–Crippen MR) is 98.9 cm³/mol. The summed E-state index contributed by atoms with van der Waals surface area (Å²) >= 11 is 0. The van der Waals surface area contributed by atoms with Crippen LogP contribution in [-0.2, 0) is 24.7 Å². The molecule has 1 aliphatic heterocycles. The quantitative estimate of drug-likeness (QED) is 0.770. The van der Waals surface area contributed by atoms with Gasteiger partial charge in [-0.3, -0.25) is 4.79 Å². The van der Waals surface area contributed by atoms with Crippen LogP contribution in [0.3, 0.4) is 0 Å². The molecule has 2 aromatic carbocycles. The molecule has 1 amide bonds. The molecular weight excluding hydrogens is 392 g/mol. The van der Waals surface area contributed by atoms with E-state index < -0.39 is 25.9 Å². The van der Waals surface area contributed by atoms with Crippen LogP contribution in [0.5, 0.6) is 5.75 Å². The van der Waals surface area contributed by atoms with Crippen molar-refractivity contribution >= 4 is 31.5 Å². The van der Waals surface area contributed by atoms with E-state index in [9.17, 15) is 21.6 Å². The summed E-state index contributed by atoms with van der Waals surface area (Å²) in [5.74, 6) is 0.239. The molecule has 10 heteroatoms. The SMILES string of the molecule is CC(NS(=O)(=O)c1ccc(S(C)(=O)=O)cc1)c1ccc2c(c1)NC(=O)CO2. The van der Waals surface area contributed by atoms with Crippen LogP contribution in [0.1, 0.15) is 18.5 Å². The second-order valence-corrected chi connectivity index (χ2v) is 9.91. The van der Waals surface area contributed by atoms with Gasteiger partial charge in [-0.1, -0.05) is 6.07 Å². The summed E-state index contributed by atoms with van der Waals surface area (Å²) in [6.07, 6.45) is 1.05. The number of fused-ring (bicyclic) bond motifs is 1. The van der Waals surface area contributed by atoms with Gasteiger partial charge < -0.3 is 10.1 Å². The van der Waals surface area contributed by atoms with Crippen LogP contribution in [0.15, 0.2) is 52.3 Å². The largest absolute Gasteiger partial charge is 0.482 e. The highest BCUT2D eigenvalue weighted by atomic mass is 32.2. The first-order valence-corrected chi connectivity index (χ1v) is 11.3. The minimum absolute atomic E-state index is 0.0416. The summed E-state index contributed by atoms with van der Waals surface area (Å²) in [5.41, 5.74) is 1.11. The Morgan fingerprint density at radius 1 is 1.04 bits per heavy atom. The molecular formula is C17H18N2O6S2. The molecule has 0 radical (unpaired) electrons. The number of ether oxygens (including phenoxy) is 1. The van der Waals surface area contributed by atoms with Gasteiger partial charge in [-0.15, -0.1) is 0 Å². The lowest BCUT2D eigenvalue weighted by Gasteiger charge is -2.21. The van der Waals surface area contributed by atoms with E-state index in [1.165, 1.54) is 24.3 Å². The highest BCUT2D eigenvalue weighted by Crippen LogP contribution is 2.31. The van der Waals surface area contributed by atoms with Gasteiger partial charge in [0.1, 0.15) is 5.75 Å². The van der Waals surface area contributed by atoms with E-state index in [1.807, 2.05) is 0 Å². The minimum atomic E-state index is -3.87. The van der Waals surface area contributed by atoms with Gasteiger partial charge in [0.15, 0.2) is 16.4 Å². The van der Waals surface area contributed by atoms with Gasteiger partial charge in [-0.05, 0) is 48.9 Å². The van der Waals surface area contributed by atoms with E-state index >= 15 is 0 Å². The van der Waals surface area contributed by atoms with E-state index in [1.54, 1.807) is 25.1 Å². The third kappa shape index (κ3) is 4.29. The van der Waals surface area contributed by atoms with Crippen LogP contribution < -0.4 is 14.8 Å². The lowest BCUT2D eigenvalue weighted by molar-refractivity contribution is -0.118. The molecule has 0 aliphatic carbocycles. The zero-order chi connectivity index (χ0) is 19.8. The van der Waals surface area contributed by atoms with Gasteiger partial charge in [-0.25, -0.2) is 21.6 Å². The van der Waals surface area contributed by atoms with Crippen molar-refractivity contribution in [3.8, 4) is 5.75 Å². The van der Waals surface area contributed by atoms with Crippen molar-refractivity contribution < 1.29 is 26.4 Å². The van der Waals surface area contributed by atoms with Crippen LogP contribution in [-0.4, -0.2) is 35.6 Å². The number of benzene rings is 2. The summed E-state index contributed by atoms with van der Waals surface area (Å²) in [5, 5.41) is 2.67. The molecule has 0 spiro atoms. The average Bonchev–Trinajstić information content (AvgIpc) is 2.60. The van der Waals surface area contributed by atoms with E-state index in [-0.39, 0.29) is 22.3 Å². The Kier molecular flexibility index (Phi) is 4.98. The lowest BCUT2D eigenvalue weighted by Crippen LogP contribution is -2.28. The number of anilines is 1. The Labute approximate surface area is 157 Å². The van der Waals surface area contributed by atoms with Crippen molar-refractivity contribution in [1.82, 2.24) is 4.72 Å². The Hall–Kier alpha value is -2.43. The number of hydrogen-bond donors (Lipinski definition) is 2. The number of hydrogen-bond acceptors (Lipinski definition) is 6. The standard InChI is InChI=1S/C17H18N2O6S2/c1-11(12-3-8-16-15(9-12)18-17(20)10-25-16)19-27(23,24)14-6-4-13(5-7-14)26(2,21)22/h3-9,11,19H,10H2,1-2H3,(H,18,20). The summed E-state index contributed by atoms with van der Waals surface area (Å²) < 4.78 is 55.9. The Morgan fingerprint density at radius 2 is 1.67 bits per heavy atom. The van der Waals surface area contributed by atoms with E-state index in [4.69, 9.17) is 4.74 Å². The van der Waals surface area contributed by atoms with Gasteiger partial charge in [0.25, 0.3) is 5.91 Å². The average molecular weight is 410 g/mol. The normalized spacial score (nSPS) is 15.4. The molecule has 1 unspecified atom stereocenters. The van der Waals surface area contributed by atoms with E-state index in [2.05, 4.69) is 10.0 Å². The third-order valence-corrected chi connectivity index (χ3v) is 6.72. The van der Waals surface area contributed by atoms with Gasteiger partial charge in [0.05, 0.1) is 15.5 Å². The number of nitrogens with one attached hydrogen (secondary N) is 2. The Balaban J connectivity index is 1.81. The fraction of sp³-hybridized carbons (Fsp3) is 0.235. The Morgan fingerprint density at radius 3 is 2.30 bits per heavy atom. The lowest BCUT2D eigenvalue weighted by atomic mass is 10.1. The summed E-state index contributed by atoms with van der Waals surface area (Å²) in [6.45, 7) is 1.60. The first kappa shape index (κ1) is 19.3. The van der Waals surface area contributed by atoms with Crippen molar-refractivity contribution in [3.63, 3.8) is 0 Å². The van der Waals surface area contributed by atoms with Crippen molar-refractivity contribution in [2.45, 2.75) is 22.8 Å². The molecule has 1 heterocycles. The molecule has 0 bridgehead atoms. The smallest absolute Gasteiger partial charge is 0.262 e. The molecule has 0 saturated carbocycles. The molecule has 0 saturated heterocycles. The molecule has 8 nitrogen and oxygen atoms in total. The van der Waals surface area contributed by atoms with Crippen LogP contribution in [0.4, 0.5) is 5.69 Å². The monoisotopic (exact) mass is 410 g/mol. The van der Waals surface area contributed by atoms with Crippen molar-refractivity contribution in [2.24, 2.45) is 0 Å². The predicted octanol–water partition coefficient (Wildman–Crippen LogP) is 1.46. The molecule has 0 aromatic heterocycles. The van der Waals surface area contributed by atoms with Crippen LogP contribution in [0.2, 0.25) is 0 Å². The van der Waals surface area contributed by atoms with E-state index in [0.29, 0.717) is 17.0 Å². The van der Waals surface area contributed by atoms with E-state index in [0.717, 1.165) is 6.26 Å². The van der Waals surface area contributed by atoms with Gasteiger partial charge in [0, 0.05) is 12.3 Å². The number of sulfonamides is 1. The molecule has 3 rings (SSSR count). The molecule has 2 N–H and O–H groups in total. The van der Waals surface area contributed by atoms with Crippen molar-refractivity contribution in [1.29, 1.82) is 0 Å². The maximum absolute atomic E-state index is 12.6.